The molecule has 96 valence electrons. The smallest absolute Gasteiger partial charge is 0.128 e. The molecule has 0 aliphatic heterocycles. The number of aliphatic hydroxyl groups is 1. The Morgan fingerprint density at radius 3 is 2.88 bits per heavy atom. The van der Waals surface area contributed by atoms with Crippen molar-refractivity contribution in [2.24, 2.45) is 0 Å². The second-order valence-corrected chi connectivity index (χ2v) is 4.11. The van der Waals surface area contributed by atoms with Crippen molar-refractivity contribution in [2.75, 3.05) is 31.6 Å². The Morgan fingerprint density at radius 1 is 1.53 bits per heavy atom. The van der Waals surface area contributed by atoms with Crippen molar-refractivity contribution in [1.82, 2.24) is 10.3 Å². The Morgan fingerprint density at radius 2 is 2.29 bits per heavy atom. The lowest BCUT2D eigenvalue weighted by Gasteiger charge is -2.22. The molecule has 4 heteroatoms. The third-order valence-corrected chi connectivity index (χ3v) is 2.99. The van der Waals surface area contributed by atoms with E-state index in [0.29, 0.717) is 6.04 Å². The van der Waals surface area contributed by atoms with Gasteiger partial charge in [0.05, 0.1) is 0 Å². The Labute approximate surface area is 104 Å². The zero-order valence-electron chi connectivity index (χ0n) is 11.0. The van der Waals surface area contributed by atoms with Gasteiger partial charge in [-0.1, -0.05) is 0 Å². The topological polar surface area (TPSA) is 48.4 Å². The number of aliphatic hydroxyl groups excluding tert-OH is 1. The molecule has 1 aromatic heterocycles. The van der Waals surface area contributed by atoms with Crippen LogP contribution in [0.2, 0.25) is 0 Å². The maximum absolute atomic E-state index is 8.88. The van der Waals surface area contributed by atoms with Crippen LogP contribution in [0, 0.1) is 0 Å². The molecule has 4 nitrogen and oxygen atoms in total. The Bertz CT molecular complexity index is 330. The van der Waals surface area contributed by atoms with Gasteiger partial charge < -0.3 is 15.3 Å². The van der Waals surface area contributed by atoms with E-state index in [4.69, 9.17) is 5.11 Å². The fraction of sp³-hybridized carbons (Fsp3) is 0.615. The molecule has 0 saturated heterocycles. The highest BCUT2D eigenvalue weighted by Crippen LogP contribution is 2.17. The predicted molar refractivity (Wildman–Crippen MR) is 71.3 cm³/mol. The van der Waals surface area contributed by atoms with Gasteiger partial charge in [0, 0.05) is 31.9 Å². The van der Waals surface area contributed by atoms with E-state index < -0.39 is 0 Å². The molecule has 17 heavy (non-hydrogen) atoms. The second kappa shape index (κ2) is 7.25. The maximum Gasteiger partial charge on any atom is 0.128 e. The summed E-state index contributed by atoms with van der Waals surface area (Å²) in [6.45, 7) is 6.21. The molecular formula is C13H23N3O. The molecule has 1 unspecified atom stereocenters. The quantitative estimate of drug-likeness (QED) is 0.756. The van der Waals surface area contributed by atoms with Gasteiger partial charge >= 0.3 is 0 Å². The van der Waals surface area contributed by atoms with Crippen molar-refractivity contribution in [1.29, 1.82) is 0 Å². The summed E-state index contributed by atoms with van der Waals surface area (Å²) in [5, 5.41) is 12.1. The van der Waals surface area contributed by atoms with Crippen LogP contribution in [0.15, 0.2) is 18.3 Å². The van der Waals surface area contributed by atoms with Crippen LogP contribution in [0.4, 0.5) is 5.82 Å². The lowest BCUT2D eigenvalue weighted by Crippen LogP contribution is -2.26. The van der Waals surface area contributed by atoms with E-state index in [-0.39, 0.29) is 6.61 Å². The predicted octanol–water partition coefficient (Wildman–Crippen LogP) is 1.57. The van der Waals surface area contributed by atoms with Gasteiger partial charge in [0.25, 0.3) is 0 Å². The summed E-state index contributed by atoms with van der Waals surface area (Å²) in [4.78, 5) is 6.58. The molecule has 0 bridgehead atoms. The summed E-state index contributed by atoms with van der Waals surface area (Å²) in [5.41, 5.74) is 1.24. The number of hydrogen-bond acceptors (Lipinski definition) is 4. The van der Waals surface area contributed by atoms with Crippen LogP contribution in [0.1, 0.15) is 31.9 Å². The third kappa shape index (κ3) is 3.98. The summed E-state index contributed by atoms with van der Waals surface area (Å²) in [6, 6.07) is 4.47. The van der Waals surface area contributed by atoms with E-state index in [9.17, 15) is 0 Å². The highest BCUT2D eigenvalue weighted by atomic mass is 16.3. The molecule has 1 heterocycles. The van der Waals surface area contributed by atoms with Crippen molar-refractivity contribution in [3.63, 3.8) is 0 Å². The highest BCUT2D eigenvalue weighted by molar-refractivity contribution is 5.41. The number of nitrogens with zero attached hydrogens (tertiary/aromatic N) is 2. The fourth-order valence-corrected chi connectivity index (χ4v) is 1.74. The van der Waals surface area contributed by atoms with Crippen LogP contribution in [0.25, 0.3) is 0 Å². The second-order valence-electron chi connectivity index (χ2n) is 4.11. The maximum atomic E-state index is 8.88. The zero-order chi connectivity index (χ0) is 12.7. The molecule has 0 aliphatic rings. The van der Waals surface area contributed by atoms with Crippen LogP contribution >= 0.6 is 0 Å². The van der Waals surface area contributed by atoms with E-state index in [1.165, 1.54) is 5.56 Å². The monoisotopic (exact) mass is 237 g/mol. The number of pyridine rings is 1. The zero-order valence-corrected chi connectivity index (χ0v) is 11.0. The SMILES string of the molecule is CCN(CCCO)c1cc(C(C)NC)ccn1. The van der Waals surface area contributed by atoms with Gasteiger partial charge in [-0.25, -0.2) is 4.98 Å². The van der Waals surface area contributed by atoms with Crippen LogP contribution in [-0.2, 0) is 0 Å². The first-order chi connectivity index (χ1) is 8.22. The van der Waals surface area contributed by atoms with Gasteiger partial charge in [-0.2, -0.15) is 0 Å². The first kappa shape index (κ1) is 13.9. The molecule has 1 aromatic rings. The van der Waals surface area contributed by atoms with Crippen molar-refractivity contribution in [2.45, 2.75) is 26.3 Å². The molecule has 1 rings (SSSR count). The Balaban J connectivity index is 2.81. The van der Waals surface area contributed by atoms with E-state index >= 15 is 0 Å². The lowest BCUT2D eigenvalue weighted by atomic mass is 10.1. The van der Waals surface area contributed by atoms with Crippen molar-refractivity contribution in [3.8, 4) is 0 Å². The van der Waals surface area contributed by atoms with E-state index in [1.54, 1.807) is 0 Å². The standard InChI is InChI=1S/C13H23N3O/c1-4-16(8-5-9-17)13-10-12(6-7-15-13)11(2)14-3/h6-7,10-11,14,17H,4-5,8-9H2,1-3H3. The summed E-state index contributed by atoms with van der Waals surface area (Å²) in [6.07, 6.45) is 2.63. The average molecular weight is 237 g/mol. The van der Waals surface area contributed by atoms with Gasteiger partial charge in [0.1, 0.15) is 5.82 Å². The molecule has 1 atom stereocenters. The molecule has 2 N–H and O–H groups in total. The van der Waals surface area contributed by atoms with Gasteiger partial charge in [0.2, 0.25) is 0 Å². The summed E-state index contributed by atoms with van der Waals surface area (Å²) < 4.78 is 0. The van der Waals surface area contributed by atoms with Crippen LogP contribution in [0.5, 0.6) is 0 Å². The number of nitrogens with one attached hydrogen (secondary N) is 1. The molecule has 0 radical (unpaired) electrons. The van der Waals surface area contributed by atoms with Crippen LogP contribution in [-0.4, -0.2) is 36.8 Å². The molecule has 0 fully saturated rings. The van der Waals surface area contributed by atoms with E-state index in [2.05, 4.69) is 35.1 Å². The van der Waals surface area contributed by atoms with Crippen molar-refractivity contribution >= 4 is 5.82 Å². The van der Waals surface area contributed by atoms with Crippen LogP contribution < -0.4 is 10.2 Å². The summed E-state index contributed by atoms with van der Waals surface area (Å²) in [7, 11) is 1.95. The van der Waals surface area contributed by atoms with Crippen molar-refractivity contribution < 1.29 is 5.11 Å². The van der Waals surface area contributed by atoms with Crippen LogP contribution in [0.3, 0.4) is 0 Å². The molecule has 0 aliphatic carbocycles. The van der Waals surface area contributed by atoms with Crippen molar-refractivity contribution in [3.05, 3.63) is 23.9 Å². The minimum Gasteiger partial charge on any atom is -0.396 e. The first-order valence-electron chi connectivity index (χ1n) is 6.22. The van der Waals surface area contributed by atoms with Gasteiger partial charge in [-0.05, 0) is 45.0 Å². The largest absolute Gasteiger partial charge is 0.396 e. The minimum absolute atomic E-state index is 0.225. The van der Waals surface area contributed by atoms with Gasteiger partial charge in [-0.15, -0.1) is 0 Å². The minimum atomic E-state index is 0.225. The molecule has 0 saturated carbocycles. The first-order valence-corrected chi connectivity index (χ1v) is 6.22. The summed E-state index contributed by atoms with van der Waals surface area (Å²) in [5.74, 6) is 0.987. The molecular weight excluding hydrogens is 214 g/mol. The number of anilines is 1. The number of rotatable bonds is 7. The molecule has 0 spiro atoms. The highest BCUT2D eigenvalue weighted by Gasteiger charge is 2.08. The normalized spacial score (nSPS) is 12.5. The Hall–Kier alpha value is -1.13. The fourth-order valence-electron chi connectivity index (χ4n) is 1.74. The molecule has 0 aromatic carbocycles. The van der Waals surface area contributed by atoms with E-state index in [0.717, 1.165) is 25.3 Å². The average Bonchev–Trinajstić information content (AvgIpc) is 2.39. The number of hydrogen-bond donors (Lipinski definition) is 2. The Kier molecular flexibility index (Phi) is 5.94. The number of aromatic nitrogens is 1. The van der Waals surface area contributed by atoms with Gasteiger partial charge in [-0.3, -0.25) is 0 Å². The lowest BCUT2D eigenvalue weighted by molar-refractivity contribution is 0.289. The molecule has 0 amide bonds. The summed E-state index contributed by atoms with van der Waals surface area (Å²) >= 11 is 0. The third-order valence-electron chi connectivity index (χ3n) is 2.99. The van der Waals surface area contributed by atoms with Gasteiger partial charge in [0.15, 0.2) is 0 Å². The van der Waals surface area contributed by atoms with E-state index in [1.807, 2.05) is 19.3 Å².